The Bertz CT molecular complexity index is 1030. The van der Waals surface area contributed by atoms with Gasteiger partial charge >= 0.3 is 0 Å². The van der Waals surface area contributed by atoms with Gasteiger partial charge in [0.05, 0.1) is 5.36 Å². The van der Waals surface area contributed by atoms with Crippen LogP contribution < -0.4 is 15.9 Å². The Hall–Kier alpha value is -3.00. The van der Waals surface area contributed by atoms with E-state index >= 15 is 0 Å². The van der Waals surface area contributed by atoms with Gasteiger partial charge in [0.15, 0.2) is 22.8 Å². The van der Waals surface area contributed by atoms with Crippen molar-refractivity contribution in [1.29, 1.82) is 0 Å². The molecule has 7 nitrogen and oxygen atoms in total. The number of amidine groups is 1. The van der Waals surface area contributed by atoms with Crippen LogP contribution in [0.15, 0.2) is 52.6 Å². The first-order chi connectivity index (χ1) is 12.1. The highest BCUT2D eigenvalue weighted by Gasteiger charge is 2.34. The van der Waals surface area contributed by atoms with Crippen LogP contribution in [0.4, 0.5) is 0 Å². The molecule has 1 atom stereocenters. The summed E-state index contributed by atoms with van der Waals surface area (Å²) in [5.41, 5.74) is 1.02. The second-order valence-electron chi connectivity index (χ2n) is 5.52. The Morgan fingerprint density at radius 2 is 1.96 bits per heavy atom. The van der Waals surface area contributed by atoms with Gasteiger partial charge in [0.1, 0.15) is 5.70 Å². The highest BCUT2D eigenvalue weighted by Crippen LogP contribution is 2.34. The van der Waals surface area contributed by atoms with Crippen molar-refractivity contribution in [2.24, 2.45) is 10.1 Å². The molecule has 2 heterocycles. The number of amides is 1. The molecule has 0 spiro atoms. The number of fused-ring (bicyclic) bond motifs is 2. The Labute approximate surface area is 147 Å². The molecule has 1 unspecified atom stereocenters. The number of hydrogen-bond acceptors (Lipinski definition) is 7. The summed E-state index contributed by atoms with van der Waals surface area (Å²) in [4.78, 5) is 17.3. The molecule has 0 saturated carbocycles. The third-order valence-electron chi connectivity index (χ3n) is 4.01. The Morgan fingerprint density at radius 1 is 1.16 bits per heavy atom. The topological polar surface area (TPSA) is 97.5 Å². The highest BCUT2D eigenvalue weighted by molar-refractivity contribution is 8.13. The van der Waals surface area contributed by atoms with Gasteiger partial charge in [0.25, 0.3) is 5.91 Å². The van der Waals surface area contributed by atoms with Crippen molar-refractivity contribution in [1.82, 2.24) is 10.3 Å². The van der Waals surface area contributed by atoms with Crippen molar-refractivity contribution in [2.75, 3.05) is 6.26 Å². The summed E-state index contributed by atoms with van der Waals surface area (Å²) in [6, 6.07) is 11.8. The van der Waals surface area contributed by atoms with E-state index in [2.05, 4.69) is 15.4 Å². The monoisotopic (exact) mass is 354 g/mol. The molecule has 0 aromatic heterocycles. The third kappa shape index (κ3) is 2.51. The largest absolute Gasteiger partial charge is 0.504 e. The van der Waals surface area contributed by atoms with Crippen molar-refractivity contribution in [3.63, 3.8) is 0 Å². The van der Waals surface area contributed by atoms with E-state index < -0.39 is 6.17 Å². The van der Waals surface area contributed by atoms with Crippen LogP contribution in [0.5, 0.6) is 11.5 Å². The minimum absolute atomic E-state index is 0.214. The average molecular weight is 354 g/mol. The maximum absolute atomic E-state index is 12.6. The fourth-order valence-corrected chi connectivity index (χ4v) is 3.20. The standard InChI is InChI=1S/C17H14N4O3S/c1-25-17-19-16(24)14-10-4-2-3-5-11(10)18-15(21(14)20-17)9-6-7-12(22)13(23)8-9/h2-8,15,22-23H,1H3,(H,19,20,24). The van der Waals surface area contributed by atoms with Crippen LogP contribution in [0, 0.1) is 0 Å². The Morgan fingerprint density at radius 3 is 2.72 bits per heavy atom. The van der Waals surface area contributed by atoms with Gasteiger partial charge in [-0.3, -0.25) is 15.1 Å². The highest BCUT2D eigenvalue weighted by atomic mass is 32.2. The molecule has 0 bridgehead atoms. The number of rotatable bonds is 1. The van der Waals surface area contributed by atoms with Gasteiger partial charge in [-0.15, -0.1) is 5.10 Å². The molecule has 1 amide bonds. The molecular formula is C17H14N4O3S. The number of phenolic OH excluding ortho intramolecular Hbond substituents is 2. The minimum Gasteiger partial charge on any atom is -0.504 e. The van der Waals surface area contributed by atoms with Gasteiger partial charge in [-0.1, -0.05) is 36.0 Å². The molecule has 25 heavy (non-hydrogen) atoms. The van der Waals surface area contributed by atoms with Gasteiger partial charge in [0, 0.05) is 10.8 Å². The fraction of sp³-hybridized carbons (Fsp3) is 0.118. The number of thioether (sulfide) groups is 1. The number of nitrogens with zero attached hydrogens (tertiary/aromatic N) is 3. The van der Waals surface area contributed by atoms with Crippen LogP contribution >= 0.6 is 11.8 Å². The van der Waals surface area contributed by atoms with Crippen molar-refractivity contribution >= 4 is 28.5 Å². The first-order valence-electron chi connectivity index (χ1n) is 7.50. The molecule has 0 saturated heterocycles. The number of carbonyl (C=O) groups is 1. The van der Waals surface area contributed by atoms with E-state index in [0.29, 0.717) is 27.0 Å². The molecule has 4 rings (SSSR count). The summed E-state index contributed by atoms with van der Waals surface area (Å²) >= 11 is 1.32. The van der Waals surface area contributed by atoms with E-state index in [-0.39, 0.29) is 17.4 Å². The summed E-state index contributed by atoms with van der Waals surface area (Å²) in [7, 11) is 0. The molecule has 126 valence electrons. The molecule has 2 aromatic rings. The van der Waals surface area contributed by atoms with Gasteiger partial charge in [-0.2, -0.15) is 0 Å². The summed E-state index contributed by atoms with van der Waals surface area (Å²) in [6.07, 6.45) is 1.20. The van der Waals surface area contributed by atoms with E-state index in [0.717, 1.165) is 0 Å². The number of hydrazone groups is 1. The number of benzene rings is 2. The summed E-state index contributed by atoms with van der Waals surface area (Å²) < 4.78 is 0. The summed E-state index contributed by atoms with van der Waals surface area (Å²) in [5, 5.41) is 30.0. The van der Waals surface area contributed by atoms with E-state index in [1.165, 1.54) is 23.9 Å². The van der Waals surface area contributed by atoms with Gasteiger partial charge in [0.2, 0.25) is 0 Å². The van der Waals surface area contributed by atoms with Crippen molar-refractivity contribution in [3.05, 3.63) is 58.6 Å². The Kier molecular flexibility index (Phi) is 3.61. The van der Waals surface area contributed by atoms with Gasteiger partial charge < -0.3 is 10.2 Å². The number of hydrogen-bond donors (Lipinski definition) is 3. The molecular weight excluding hydrogens is 340 g/mol. The minimum atomic E-state index is -0.621. The lowest BCUT2D eigenvalue weighted by Gasteiger charge is -2.33. The van der Waals surface area contributed by atoms with E-state index in [4.69, 9.17) is 0 Å². The lowest BCUT2D eigenvalue weighted by Crippen LogP contribution is -2.50. The number of phenols is 2. The summed E-state index contributed by atoms with van der Waals surface area (Å²) in [6.45, 7) is 0. The molecule has 0 fully saturated rings. The molecule has 2 aromatic carbocycles. The lowest BCUT2D eigenvalue weighted by atomic mass is 10.1. The Balaban J connectivity index is 1.98. The molecule has 0 radical (unpaired) electrons. The zero-order chi connectivity index (χ0) is 17.6. The average Bonchev–Trinajstić information content (AvgIpc) is 2.63. The van der Waals surface area contributed by atoms with Crippen LogP contribution in [0.3, 0.4) is 0 Å². The second-order valence-corrected chi connectivity index (χ2v) is 6.32. The number of para-hydroxylation sites is 1. The lowest BCUT2D eigenvalue weighted by molar-refractivity contribution is -0.116. The predicted molar refractivity (Wildman–Crippen MR) is 94.1 cm³/mol. The normalized spacial score (nSPS) is 18.7. The number of nitrogens with one attached hydrogen (secondary N) is 1. The molecule has 3 N–H and O–H groups in total. The smallest absolute Gasteiger partial charge is 0.276 e. The third-order valence-corrected chi connectivity index (χ3v) is 4.58. The summed E-state index contributed by atoms with van der Waals surface area (Å²) in [5.74, 6) is -0.716. The fourth-order valence-electron chi connectivity index (χ4n) is 2.84. The van der Waals surface area contributed by atoms with Crippen molar-refractivity contribution < 1.29 is 15.0 Å². The number of aromatic hydroxyl groups is 2. The first kappa shape index (κ1) is 15.5. The van der Waals surface area contributed by atoms with Crippen LogP contribution in [-0.4, -0.2) is 32.6 Å². The van der Waals surface area contributed by atoms with Crippen molar-refractivity contribution in [3.8, 4) is 11.5 Å². The molecule has 8 heteroatoms. The van der Waals surface area contributed by atoms with Crippen LogP contribution in [0.1, 0.15) is 11.7 Å². The second kappa shape index (κ2) is 5.82. The molecule has 2 aliphatic heterocycles. The van der Waals surface area contributed by atoms with Crippen LogP contribution in [0.25, 0.3) is 5.70 Å². The molecule has 0 aliphatic carbocycles. The first-order valence-corrected chi connectivity index (χ1v) is 8.73. The van der Waals surface area contributed by atoms with Crippen LogP contribution in [0.2, 0.25) is 0 Å². The zero-order valence-electron chi connectivity index (χ0n) is 13.2. The van der Waals surface area contributed by atoms with Gasteiger partial charge in [-0.25, -0.2) is 5.01 Å². The van der Waals surface area contributed by atoms with E-state index in [9.17, 15) is 15.0 Å². The number of carbonyl (C=O) groups excluding carboxylic acids is 1. The quantitative estimate of drug-likeness (QED) is 0.652. The van der Waals surface area contributed by atoms with E-state index in [1.54, 1.807) is 11.1 Å². The van der Waals surface area contributed by atoms with Gasteiger partial charge in [-0.05, 0) is 24.5 Å². The zero-order valence-corrected chi connectivity index (χ0v) is 14.0. The maximum Gasteiger partial charge on any atom is 0.276 e. The SMILES string of the molecule is CSC1=NN2C(=c3ccccc3=NC2c2ccc(O)c(O)c2)C(=O)N1. The van der Waals surface area contributed by atoms with E-state index in [1.807, 2.05) is 30.5 Å². The van der Waals surface area contributed by atoms with Crippen molar-refractivity contribution in [2.45, 2.75) is 6.17 Å². The van der Waals surface area contributed by atoms with Crippen LogP contribution in [-0.2, 0) is 4.79 Å². The predicted octanol–water partition coefficient (Wildman–Crippen LogP) is 0.604. The maximum atomic E-state index is 12.6. The molecule has 2 aliphatic rings.